The molecule has 0 aromatic heterocycles. The number of hydrogen-bond donors (Lipinski definition) is 0. The van der Waals surface area contributed by atoms with E-state index >= 15 is 0 Å². The van der Waals surface area contributed by atoms with Crippen LogP contribution >= 0.6 is 17.0 Å². The fourth-order valence-corrected chi connectivity index (χ4v) is 6.19. The molecule has 6 aromatic carbocycles. The Morgan fingerprint density at radius 3 is 1.62 bits per heavy atom. The second-order valence-electron chi connectivity index (χ2n) is 15.5. The van der Waals surface area contributed by atoms with E-state index in [4.69, 9.17) is 17.0 Å². The molecule has 0 bridgehead atoms. The SMILES string of the molecule is CCC(C)c1cc2c(-c3ccc(C(C)(C)C)cc3)cccc2[cH-]1.C[Si]C.Cc1cc(-c2ccc(C(C)(C)C)cc2)c2cc(C)[cH-]c2c1.[Cl][Zr+2][Cl]. The summed E-state index contributed by atoms with van der Waals surface area (Å²) in [5.41, 5.74) is 12.6. The molecule has 0 heterocycles. The zero-order chi connectivity index (χ0) is 37.2. The molecule has 0 aliphatic carbocycles. The number of aryl methyl sites for hydroxylation is 2. The Balaban J connectivity index is 0.000000235. The van der Waals surface area contributed by atoms with Crippen LogP contribution in [0.1, 0.15) is 95.5 Å². The van der Waals surface area contributed by atoms with Crippen LogP contribution in [0, 0.1) is 13.8 Å². The summed E-state index contributed by atoms with van der Waals surface area (Å²) in [6.45, 7) is 26.8. The minimum atomic E-state index is -0.826. The Labute approximate surface area is 325 Å². The van der Waals surface area contributed by atoms with Crippen LogP contribution in [-0.2, 0) is 31.7 Å². The van der Waals surface area contributed by atoms with Crippen molar-refractivity contribution in [3.8, 4) is 22.3 Å². The van der Waals surface area contributed by atoms with Crippen molar-refractivity contribution in [3.05, 3.63) is 131 Å². The molecule has 6 rings (SSSR count). The monoisotopic (exact) mass is 796 g/mol. The number of rotatable bonds is 4. The molecule has 0 aliphatic rings. The maximum atomic E-state index is 4.93. The molecule has 6 aromatic rings. The van der Waals surface area contributed by atoms with Crippen LogP contribution in [0.2, 0.25) is 13.1 Å². The summed E-state index contributed by atoms with van der Waals surface area (Å²) in [5, 5.41) is 5.45. The van der Waals surface area contributed by atoms with Crippen LogP contribution in [0.15, 0.2) is 103 Å². The Hall–Kier alpha value is -2.22. The topological polar surface area (TPSA) is 0 Å². The van der Waals surface area contributed by atoms with Gasteiger partial charge in [-0.05, 0) is 45.9 Å². The Kier molecular flexibility index (Phi) is 16.1. The molecule has 0 spiro atoms. The molecule has 1 unspecified atom stereocenters. The first-order valence-electron chi connectivity index (χ1n) is 17.7. The van der Waals surface area contributed by atoms with E-state index in [2.05, 4.69) is 185 Å². The molecule has 0 amide bonds. The molecule has 0 saturated heterocycles. The third kappa shape index (κ3) is 11.4. The van der Waals surface area contributed by atoms with Crippen LogP contribution in [0.3, 0.4) is 0 Å². The van der Waals surface area contributed by atoms with Gasteiger partial charge in [0.2, 0.25) is 0 Å². The first-order chi connectivity index (χ1) is 23.6. The van der Waals surface area contributed by atoms with Crippen LogP contribution in [-0.4, -0.2) is 9.52 Å². The molecule has 262 valence electrons. The Morgan fingerprint density at radius 2 is 1.14 bits per heavy atom. The third-order valence-electron chi connectivity index (χ3n) is 9.19. The second-order valence-corrected chi connectivity index (χ2v) is 20.2. The fourth-order valence-electron chi connectivity index (χ4n) is 6.19. The number of fused-ring (bicyclic) bond motifs is 2. The van der Waals surface area contributed by atoms with E-state index in [9.17, 15) is 0 Å². The molecule has 0 nitrogen and oxygen atoms in total. The van der Waals surface area contributed by atoms with Gasteiger partial charge in [0.25, 0.3) is 0 Å². The summed E-state index contributed by atoms with van der Waals surface area (Å²) in [6, 6.07) is 38.7. The van der Waals surface area contributed by atoms with Crippen LogP contribution in [0.4, 0.5) is 0 Å². The van der Waals surface area contributed by atoms with Gasteiger partial charge in [0.1, 0.15) is 0 Å². The second kappa shape index (κ2) is 19.0. The molecule has 1 atom stereocenters. The number of halogens is 2. The average Bonchev–Trinajstić information content (AvgIpc) is 3.67. The van der Waals surface area contributed by atoms with E-state index in [0.29, 0.717) is 5.92 Å². The quantitative estimate of drug-likeness (QED) is 0.123. The zero-order valence-electron chi connectivity index (χ0n) is 32.4. The van der Waals surface area contributed by atoms with Crippen molar-refractivity contribution in [2.45, 2.75) is 106 Å². The first kappa shape index (κ1) is 42.2. The van der Waals surface area contributed by atoms with Crippen LogP contribution in [0.25, 0.3) is 43.8 Å². The molecule has 4 heteroatoms. The van der Waals surface area contributed by atoms with Crippen molar-refractivity contribution in [2.75, 3.05) is 0 Å². The predicted octanol–water partition coefficient (Wildman–Crippen LogP) is 15.3. The molecule has 0 N–H and O–H groups in total. The summed E-state index contributed by atoms with van der Waals surface area (Å²) < 4.78 is 0. The van der Waals surface area contributed by atoms with Gasteiger partial charge in [-0.25, -0.2) is 0 Å². The maximum absolute atomic E-state index is 4.93. The summed E-state index contributed by atoms with van der Waals surface area (Å²) in [4.78, 5) is 0. The van der Waals surface area contributed by atoms with Crippen LogP contribution in [0.5, 0.6) is 0 Å². The van der Waals surface area contributed by atoms with Crippen LogP contribution < -0.4 is 0 Å². The van der Waals surface area contributed by atoms with Crippen molar-refractivity contribution in [1.29, 1.82) is 0 Å². The van der Waals surface area contributed by atoms with Gasteiger partial charge in [0.15, 0.2) is 0 Å². The standard InChI is InChI=1S/C23H27.C21H23.C2H6Si.2ClH.Zr/c1-6-16(2)19-14-18-8-7-9-21(22(18)15-19)17-10-12-20(13-11-17)23(3,4)5;1-14-10-17-11-15(2)13-20(17)19(12-14)16-6-8-18(9-7-16)21(3,4)5;1-3-2;;;/h7-16H,6H2,1-5H3;6-13H,1-5H3;1-2H3;2*1H;/q2*-1;;;;+4/p-2. The molecule has 50 heavy (non-hydrogen) atoms. The van der Waals surface area contributed by atoms with Gasteiger partial charge >= 0.3 is 37.9 Å². The van der Waals surface area contributed by atoms with Gasteiger partial charge in [-0.15, -0.1) is 63.0 Å². The van der Waals surface area contributed by atoms with Gasteiger partial charge in [0, 0.05) is 9.52 Å². The molecule has 0 aliphatic heterocycles. The summed E-state index contributed by atoms with van der Waals surface area (Å²) >= 11 is -0.826. The van der Waals surface area contributed by atoms with Gasteiger partial charge in [-0.3, -0.25) is 0 Å². The summed E-state index contributed by atoms with van der Waals surface area (Å²) in [7, 11) is 11.0. The molecular formula is C46H56Cl2SiZr. The summed E-state index contributed by atoms with van der Waals surface area (Å²) in [5.74, 6) is 0.624. The Morgan fingerprint density at radius 1 is 0.660 bits per heavy atom. The Bertz CT molecular complexity index is 1910. The number of hydrogen-bond acceptors (Lipinski definition) is 0. The van der Waals surface area contributed by atoms with Crippen molar-refractivity contribution >= 4 is 48.1 Å². The van der Waals surface area contributed by atoms with E-state index in [1.807, 2.05) is 0 Å². The van der Waals surface area contributed by atoms with Crippen molar-refractivity contribution in [1.82, 2.24) is 0 Å². The predicted molar refractivity (Wildman–Crippen MR) is 225 cm³/mol. The van der Waals surface area contributed by atoms with Gasteiger partial charge in [0.05, 0.1) is 0 Å². The zero-order valence-corrected chi connectivity index (χ0v) is 37.3. The van der Waals surface area contributed by atoms with E-state index in [1.54, 1.807) is 0 Å². The molecule has 0 fully saturated rings. The molecular weight excluding hydrogens is 743 g/mol. The van der Waals surface area contributed by atoms with Crippen molar-refractivity contribution in [3.63, 3.8) is 0 Å². The third-order valence-corrected chi connectivity index (χ3v) is 9.19. The van der Waals surface area contributed by atoms with E-state index in [1.165, 1.54) is 78.0 Å². The molecule has 2 radical (unpaired) electrons. The van der Waals surface area contributed by atoms with Crippen molar-refractivity contribution in [2.24, 2.45) is 0 Å². The van der Waals surface area contributed by atoms with Gasteiger partial charge < -0.3 is 0 Å². The minimum absolute atomic E-state index is 0.203. The normalized spacial score (nSPS) is 11.8. The van der Waals surface area contributed by atoms with Gasteiger partial charge in [-0.1, -0.05) is 159 Å². The number of benzene rings is 4. The van der Waals surface area contributed by atoms with E-state index < -0.39 is 20.8 Å². The van der Waals surface area contributed by atoms with E-state index in [-0.39, 0.29) is 10.8 Å². The molecule has 0 saturated carbocycles. The van der Waals surface area contributed by atoms with Gasteiger partial charge in [-0.2, -0.15) is 12.1 Å². The van der Waals surface area contributed by atoms with E-state index in [0.717, 1.165) is 9.52 Å². The first-order valence-corrected chi connectivity index (χ1v) is 26.0. The average molecular weight is 799 g/mol. The fraction of sp³-hybridized carbons (Fsp3) is 0.348. The summed E-state index contributed by atoms with van der Waals surface area (Å²) in [6.07, 6.45) is 1.19. The van der Waals surface area contributed by atoms with Crippen molar-refractivity contribution < 1.29 is 20.8 Å².